The van der Waals surface area contributed by atoms with E-state index in [9.17, 15) is 8.78 Å². The Morgan fingerprint density at radius 1 is 1.00 bits per heavy atom. The maximum atomic E-state index is 10.2. The average Bonchev–Trinajstić information content (AvgIpc) is 1.37. The van der Waals surface area contributed by atoms with E-state index in [1.54, 1.807) is 0 Å². The van der Waals surface area contributed by atoms with Crippen molar-refractivity contribution in [2.24, 2.45) is 0 Å². The molecule has 0 aliphatic carbocycles. The average molecular weight is 100 g/mol. The van der Waals surface area contributed by atoms with Crippen molar-refractivity contribution in [3.63, 3.8) is 0 Å². The summed E-state index contributed by atoms with van der Waals surface area (Å²) in [6, 6.07) is 0. The molecular formula is C2H3ClF2. The minimum absolute atomic E-state index is 0. The van der Waals surface area contributed by atoms with Gasteiger partial charge in [0.25, 0.3) is 0 Å². The first-order chi connectivity index (χ1) is 1.91. The summed E-state index contributed by atoms with van der Waals surface area (Å²) in [5.74, 6) is 0. The molecule has 0 atom stereocenters. The largest absolute Gasteiger partial charge is 0.213 e. The van der Waals surface area contributed by atoms with Gasteiger partial charge in [-0.15, -0.1) is 12.4 Å². The van der Waals surface area contributed by atoms with Crippen molar-refractivity contribution in [1.82, 2.24) is 0 Å². The molecule has 0 heterocycles. The normalized spacial score (nSPS) is 7.60. The first-order valence-corrected chi connectivity index (χ1v) is 0.770. The summed E-state index contributed by atoms with van der Waals surface area (Å²) in [4.78, 5) is 0. The number of hydrogen-bond donors (Lipinski definition) is 0. The van der Waals surface area contributed by atoms with Crippen molar-refractivity contribution in [3.05, 3.63) is 12.7 Å². The van der Waals surface area contributed by atoms with Crippen LogP contribution in [0.3, 0.4) is 0 Å². The number of hydrogen-bond acceptors (Lipinski definition) is 0. The molecular weight excluding hydrogens is 97.5 g/mol. The van der Waals surface area contributed by atoms with Crippen molar-refractivity contribution in [2.75, 3.05) is 0 Å². The molecule has 0 aromatic heterocycles. The summed E-state index contributed by atoms with van der Waals surface area (Å²) in [6.07, 6.45) is -0.333. The molecule has 0 aromatic carbocycles. The molecule has 0 saturated heterocycles. The van der Waals surface area contributed by atoms with E-state index in [1.165, 1.54) is 0 Å². The van der Waals surface area contributed by atoms with Gasteiger partial charge < -0.3 is 0 Å². The third kappa shape index (κ3) is 17.5. The van der Waals surface area contributed by atoms with Crippen LogP contribution in [0, 0.1) is 0 Å². The molecule has 0 unspecified atom stereocenters. The highest BCUT2D eigenvalue weighted by Gasteiger charge is 1.43. The zero-order valence-corrected chi connectivity index (χ0v) is 3.14. The van der Waals surface area contributed by atoms with Crippen LogP contribution >= 0.6 is 12.4 Å². The van der Waals surface area contributed by atoms with Crippen LogP contribution in [0.15, 0.2) is 12.7 Å². The van der Waals surface area contributed by atoms with Gasteiger partial charge in [-0.3, -0.25) is 0 Å². The molecule has 0 aromatic rings. The Hall–Kier alpha value is -0.110. The Balaban J connectivity index is 0. The smallest absolute Gasteiger partial charge is 0.115 e. The first-order valence-electron chi connectivity index (χ1n) is 0.770. The molecule has 0 N–H and O–H groups in total. The summed E-state index contributed by atoms with van der Waals surface area (Å²) >= 11 is 0. The lowest BCUT2D eigenvalue weighted by Gasteiger charge is -1.42. The predicted molar refractivity (Wildman–Crippen MR) is 18.6 cm³/mol. The highest BCUT2D eigenvalue weighted by molar-refractivity contribution is 5.85. The minimum atomic E-state index is -0.167. The Bertz CT molecular complexity index is 22.8. The van der Waals surface area contributed by atoms with Crippen molar-refractivity contribution in [1.29, 1.82) is 0 Å². The zero-order chi connectivity index (χ0) is 3.41. The monoisotopic (exact) mass is 100.0 g/mol. The van der Waals surface area contributed by atoms with Gasteiger partial charge in [0.05, 0.1) is 0 Å². The van der Waals surface area contributed by atoms with Gasteiger partial charge in [0.1, 0.15) is 12.7 Å². The zero-order valence-electron chi connectivity index (χ0n) is 2.32. The van der Waals surface area contributed by atoms with Crippen LogP contribution in [0.4, 0.5) is 8.78 Å². The Morgan fingerprint density at radius 3 is 1.20 bits per heavy atom. The van der Waals surface area contributed by atoms with Crippen LogP contribution in [0.1, 0.15) is 0 Å². The van der Waals surface area contributed by atoms with Gasteiger partial charge in [0.15, 0.2) is 0 Å². The summed E-state index contributed by atoms with van der Waals surface area (Å²) in [5.41, 5.74) is 0. The number of halogens is 3. The van der Waals surface area contributed by atoms with Crippen LogP contribution in [-0.4, -0.2) is 0 Å². The van der Waals surface area contributed by atoms with E-state index >= 15 is 0 Å². The Morgan fingerprint density at radius 2 is 1.20 bits per heavy atom. The molecule has 0 saturated carbocycles. The predicted octanol–water partition coefficient (Wildman–Crippen LogP) is 1.82. The van der Waals surface area contributed by atoms with E-state index < -0.39 is 0 Å². The fourth-order valence-corrected chi connectivity index (χ4v) is 0. The highest BCUT2D eigenvalue weighted by atomic mass is 35.5. The summed E-state index contributed by atoms with van der Waals surface area (Å²) in [5, 5.41) is 0. The molecule has 0 spiro atoms. The maximum Gasteiger partial charge on any atom is 0.115 e. The van der Waals surface area contributed by atoms with E-state index in [0.29, 0.717) is 0 Å². The SMILES string of the molecule is Cl.FC=CF. The third-order valence-electron chi connectivity index (χ3n) is 0.0476. The fourth-order valence-electron chi connectivity index (χ4n) is 0. The fraction of sp³-hybridized carbons (Fsp3) is 0. The lowest BCUT2D eigenvalue weighted by molar-refractivity contribution is 0.645. The molecule has 0 bridgehead atoms. The minimum Gasteiger partial charge on any atom is -0.213 e. The van der Waals surface area contributed by atoms with E-state index in [0.717, 1.165) is 0 Å². The maximum absolute atomic E-state index is 10.2. The number of rotatable bonds is 0. The van der Waals surface area contributed by atoms with Crippen LogP contribution in [0.2, 0.25) is 0 Å². The molecule has 0 nitrogen and oxygen atoms in total. The quantitative estimate of drug-likeness (QED) is 0.436. The van der Waals surface area contributed by atoms with Crippen molar-refractivity contribution in [2.45, 2.75) is 0 Å². The lowest BCUT2D eigenvalue weighted by Crippen LogP contribution is -1.18. The van der Waals surface area contributed by atoms with E-state index in [4.69, 9.17) is 0 Å². The van der Waals surface area contributed by atoms with Crippen molar-refractivity contribution >= 4 is 12.4 Å². The van der Waals surface area contributed by atoms with Gasteiger partial charge in [-0.1, -0.05) is 0 Å². The molecule has 32 valence electrons. The van der Waals surface area contributed by atoms with Crippen molar-refractivity contribution in [3.8, 4) is 0 Å². The van der Waals surface area contributed by atoms with Crippen LogP contribution in [0.5, 0.6) is 0 Å². The lowest BCUT2D eigenvalue weighted by atomic mass is 11.2. The summed E-state index contributed by atoms with van der Waals surface area (Å²) in [6.45, 7) is 0. The van der Waals surface area contributed by atoms with Gasteiger partial charge in [-0.05, 0) is 0 Å². The molecule has 0 rings (SSSR count). The molecule has 0 fully saturated rings. The third-order valence-corrected chi connectivity index (χ3v) is 0.0476. The van der Waals surface area contributed by atoms with Crippen LogP contribution in [0.25, 0.3) is 0 Å². The second-order valence-corrected chi connectivity index (χ2v) is 0.252. The standard InChI is InChI=1S/C2H2F2.ClH/c3-1-2-4;/h1-2H;1H. The molecule has 0 aliphatic rings. The second-order valence-electron chi connectivity index (χ2n) is 0.252. The second kappa shape index (κ2) is 9.10. The molecule has 0 radical (unpaired) electrons. The van der Waals surface area contributed by atoms with Gasteiger partial charge >= 0.3 is 0 Å². The molecule has 0 aliphatic heterocycles. The van der Waals surface area contributed by atoms with Gasteiger partial charge in [0.2, 0.25) is 0 Å². The van der Waals surface area contributed by atoms with Gasteiger partial charge in [-0.2, -0.15) is 0 Å². The van der Waals surface area contributed by atoms with E-state index in [1.807, 2.05) is 0 Å². The van der Waals surface area contributed by atoms with Crippen LogP contribution in [-0.2, 0) is 0 Å². The van der Waals surface area contributed by atoms with E-state index in [-0.39, 0.29) is 25.1 Å². The summed E-state index contributed by atoms with van der Waals surface area (Å²) < 4.78 is 20.3. The Labute approximate surface area is 34.9 Å². The topological polar surface area (TPSA) is 0 Å². The van der Waals surface area contributed by atoms with Crippen LogP contribution < -0.4 is 0 Å². The summed E-state index contributed by atoms with van der Waals surface area (Å²) in [7, 11) is 0. The highest BCUT2D eigenvalue weighted by Crippen LogP contribution is 1.67. The van der Waals surface area contributed by atoms with Crippen molar-refractivity contribution < 1.29 is 8.78 Å². The van der Waals surface area contributed by atoms with Gasteiger partial charge in [0, 0.05) is 0 Å². The Kier molecular flexibility index (Phi) is 16.1. The van der Waals surface area contributed by atoms with Gasteiger partial charge in [-0.25, -0.2) is 8.78 Å². The first kappa shape index (κ1) is 8.86. The molecule has 5 heavy (non-hydrogen) atoms. The molecule has 0 amide bonds. The molecule has 3 heteroatoms. The van der Waals surface area contributed by atoms with E-state index in [2.05, 4.69) is 0 Å².